The maximum Gasteiger partial charge on any atom is 0.309 e. The summed E-state index contributed by atoms with van der Waals surface area (Å²) in [5, 5.41) is 8.99. The fraction of sp³-hybridized carbons (Fsp3) is 0.852. The van der Waals surface area contributed by atoms with E-state index in [1.165, 1.54) is 77.0 Å². The summed E-state index contributed by atoms with van der Waals surface area (Å²) < 4.78 is 5.13. The van der Waals surface area contributed by atoms with E-state index in [2.05, 4.69) is 19.1 Å². The minimum absolute atomic E-state index is 0.128. The van der Waals surface area contributed by atoms with Crippen molar-refractivity contribution in [2.45, 2.75) is 136 Å². The zero-order chi connectivity index (χ0) is 23.0. The number of carbonyl (C=O) groups is 2. The molecule has 0 rings (SSSR count). The molecular weight excluding hydrogens is 388 g/mol. The highest BCUT2D eigenvalue weighted by atomic mass is 16.5. The molecule has 4 heteroatoms. The van der Waals surface area contributed by atoms with Crippen LogP contribution >= 0.6 is 0 Å². The van der Waals surface area contributed by atoms with E-state index in [-0.39, 0.29) is 12.4 Å². The normalized spacial score (nSPS) is 12.3. The summed E-state index contributed by atoms with van der Waals surface area (Å²) >= 11 is 0. The van der Waals surface area contributed by atoms with Gasteiger partial charge >= 0.3 is 11.9 Å². The lowest BCUT2D eigenvalue weighted by atomic mass is 9.98. The molecule has 0 saturated carbocycles. The second-order valence-electron chi connectivity index (χ2n) is 8.90. The van der Waals surface area contributed by atoms with Crippen LogP contribution < -0.4 is 0 Å². The summed E-state index contributed by atoms with van der Waals surface area (Å²) in [7, 11) is 0. The molecular formula is C27H50O4. The van der Waals surface area contributed by atoms with Crippen LogP contribution in [-0.4, -0.2) is 23.7 Å². The predicted molar refractivity (Wildman–Crippen MR) is 130 cm³/mol. The largest absolute Gasteiger partial charge is 0.481 e. The van der Waals surface area contributed by atoms with Gasteiger partial charge in [-0.3, -0.25) is 9.59 Å². The number of aliphatic carboxylic acids is 1. The third kappa shape index (κ3) is 21.7. The maximum absolute atomic E-state index is 12.0. The Balaban J connectivity index is 3.53. The second kappa shape index (κ2) is 23.3. The van der Waals surface area contributed by atoms with Crippen molar-refractivity contribution in [3.05, 3.63) is 12.2 Å². The van der Waals surface area contributed by atoms with E-state index < -0.39 is 11.9 Å². The molecule has 0 radical (unpaired) electrons. The van der Waals surface area contributed by atoms with Gasteiger partial charge in [-0.25, -0.2) is 0 Å². The summed E-state index contributed by atoms with van der Waals surface area (Å²) in [5.41, 5.74) is 0. The number of rotatable bonds is 23. The highest BCUT2D eigenvalue weighted by Gasteiger charge is 2.22. The molecule has 0 aromatic rings. The number of hydrogen-bond donors (Lipinski definition) is 1. The quantitative estimate of drug-likeness (QED) is 0.0991. The fourth-order valence-corrected chi connectivity index (χ4v) is 3.83. The van der Waals surface area contributed by atoms with Gasteiger partial charge in [-0.2, -0.15) is 0 Å². The van der Waals surface area contributed by atoms with Crippen molar-refractivity contribution >= 4 is 11.9 Å². The number of carboxylic acid groups (broad SMARTS) is 1. The van der Waals surface area contributed by atoms with Gasteiger partial charge in [-0.15, -0.1) is 0 Å². The van der Waals surface area contributed by atoms with Crippen LogP contribution in [0.3, 0.4) is 0 Å². The van der Waals surface area contributed by atoms with Crippen LogP contribution in [0, 0.1) is 5.92 Å². The van der Waals surface area contributed by atoms with E-state index in [0.29, 0.717) is 13.0 Å². The Kier molecular flexibility index (Phi) is 22.4. The lowest BCUT2D eigenvalue weighted by molar-refractivity contribution is -0.153. The van der Waals surface area contributed by atoms with Crippen molar-refractivity contribution in [3.63, 3.8) is 0 Å². The zero-order valence-corrected chi connectivity index (χ0v) is 20.5. The van der Waals surface area contributed by atoms with Crippen LogP contribution in [0.2, 0.25) is 0 Å². The van der Waals surface area contributed by atoms with Crippen molar-refractivity contribution in [2.24, 2.45) is 5.92 Å². The van der Waals surface area contributed by atoms with Crippen molar-refractivity contribution in [1.29, 1.82) is 0 Å². The van der Waals surface area contributed by atoms with Crippen LogP contribution in [-0.2, 0) is 14.3 Å². The first-order chi connectivity index (χ1) is 15.1. The second-order valence-corrected chi connectivity index (χ2v) is 8.90. The molecule has 31 heavy (non-hydrogen) atoms. The molecule has 1 unspecified atom stereocenters. The average molecular weight is 439 g/mol. The van der Waals surface area contributed by atoms with Crippen LogP contribution in [0.15, 0.2) is 12.2 Å². The van der Waals surface area contributed by atoms with E-state index in [4.69, 9.17) is 9.84 Å². The van der Waals surface area contributed by atoms with E-state index in [9.17, 15) is 9.59 Å². The molecule has 0 aromatic heterocycles. The Labute approximate surface area is 192 Å². The first kappa shape index (κ1) is 29.7. The standard InChI is InChI=1S/C27H50O4/c1-3-5-6-7-8-9-10-11-12-13-14-15-16-17-18-19-20-21-22-25(24-26(28)29)27(30)31-23-4-2/h17-18,25H,3-16,19-24H2,1-2H3,(H,28,29)/b18-17+. The number of carbonyl (C=O) groups excluding carboxylic acids is 1. The van der Waals surface area contributed by atoms with Crippen molar-refractivity contribution in [2.75, 3.05) is 6.61 Å². The van der Waals surface area contributed by atoms with E-state index in [1.54, 1.807) is 0 Å². The Morgan fingerprint density at radius 2 is 1.19 bits per heavy atom. The number of unbranched alkanes of at least 4 members (excludes halogenated alkanes) is 14. The Bertz CT molecular complexity index is 445. The highest BCUT2D eigenvalue weighted by molar-refractivity contribution is 5.79. The number of hydrogen-bond acceptors (Lipinski definition) is 3. The van der Waals surface area contributed by atoms with Crippen LogP contribution in [0.5, 0.6) is 0 Å². The molecule has 0 aliphatic heterocycles. The molecule has 0 fully saturated rings. The van der Waals surface area contributed by atoms with Crippen molar-refractivity contribution in [1.82, 2.24) is 0 Å². The third-order valence-electron chi connectivity index (χ3n) is 5.77. The SMILES string of the molecule is CCCCCCCCCCCCCC/C=C/CCCCC(CC(=O)O)C(=O)OCCC. The highest BCUT2D eigenvalue weighted by Crippen LogP contribution is 2.17. The molecule has 0 heterocycles. The zero-order valence-electron chi connectivity index (χ0n) is 20.5. The molecule has 1 N–H and O–H groups in total. The number of allylic oxidation sites excluding steroid dienone is 2. The molecule has 0 saturated heterocycles. The van der Waals surface area contributed by atoms with Crippen LogP contribution in [0.4, 0.5) is 0 Å². The average Bonchev–Trinajstić information content (AvgIpc) is 2.75. The van der Waals surface area contributed by atoms with Crippen LogP contribution in [0.1, 0.15) is 136 Å². The first-order valence-corrected chi connectivity index (χ1v) is 13.1. The van der Waals surface area contributed by atoms with Crippen LogP contribution in [0.25, 0.3) is 0 Å². The van der Waals surface area contributed by atoms with Gasteiger partial charge in [-0.1, -0.05) is 103 Å². The predicted octanol–water partition coefficient (Wildman–Crippen LogP) is 8.24. The van der Waals surface area contributed by atoms with Gasteiger partial charge in [0.25, 0.3) is 0 Å². The Hall–Kier alpha value is -1.32. The lowest BCUT2D eigenvalue weighted by Crippen LogP contribution is -2.21. The van der Waals surface area contributed by atoms with Gasteiger partial charge in [0.2, 0.25) is 0 Å². The Morgan fingerprint density at radius 1 is 0.710 bits per heavy atom. The number of esters is 1. The Morgan fingerprint density at radius 3 is 1.68 bits per heavy atom. The fourth-order valence-electron chi connectivity index (χ4n) is 3.83. The first-order valence-electron chi connectivity index (χ1n) is 13.1. The van der Waals surface area contributed by atoms with E-state index in [0.717, 1.165) is 32.1 Å². The molecule has 0 aliphatic rings. The molecule has 0 aliphatic carbocycles. The topological polar surface area (TPSA) is 63.6 Å². The van der Waals surface area contributed by atoms with Crippen molar-refractivity contribution < 1.29 is 19.4 Å². The van der Waals surface area contributed by atoms with Gasteiger partial charge in [-0.05, 0) is 38.5 Å². The summed E-state index contributed by atoms with van der Waals surface area (Å²) in [4.78, 5) is 22.9. The molecule has 1 atom stereocenters. The van der Waals surface area contributed by atoms with Gasteiger partial charge in [0.15, 0.2) is 0 Å². The minimum atomic E-state index is -0.930. The number of ether oxygens (including phenoxy) is 1. The van der Waals surface area contributed by atoms with Gasteiger partial charge in [0, 0.05) is 0 Å². The van der Waals surface area contributed by atoms with E-state index in [1.807, 2.05) is 6.92 Å². The molecule has 0 spiro atoms. The summed E-state index contributed by atoms with van der Waals surface area (Å²) in [6.45, 7) is 4.58. The lowest BCUT2D eigenvalue weighted by Gasteiger charge is -2.13. The summed E-state index contributed by atoms with van der Waals surface area (Å²) in [6.07, 6.45) is 26.4. The molecule has 4 nitrogen and oxygen atoms in total. The summed E-state index contributed by atoms with van der Waals surface area (Å²) in [5.74, 6) is -1.79. The van der Waals surface area contributed by atoms with Crippen molar-refractivity contribution in [3.8, 4) is 0 Å². The number of carboxylic acids is 1. The minimum Gasteiger partial charge on any atom is -0.481 e. The van der Waals surface area contributed by atoms with Gasteiger partial charge in [0.05, 0.1) is 18.9 Å². The van der Waals surface area contributed by atoms with Gasteiger partial charge < -0.3 is 9.84 Å². The maximum atomic E-state index is 12.0. The monoisotopic (exact) mass is 438 g/mol. The van der Waals surface area contributed by atoms with E-state index >= 15 is 0 Å². The molecule has 0 amide bonds. The summed E-state index contributed by atoms with van der Waals surface area (Å²) in [6, 6.07) is 0. The van der Waals surface area contributed by atoms with Gasteiger partial charge in [0.1, 0.15) is 0 Å². The smallest absolute Gasteiger partial charge is 0.309 e. The third-order valence-corrected chi connectivity index (χ3v) is 5.77. The molecule has 0 bridgehead atoms. The molecule has 0 aromatic carbocycles. The molecule has 182 valence electrons.